The molecule has 0 saturated carbocycles. The molecule has 0 unspecified atom stereocenters. The van der Waals surface area contributed by atoms with Crippen LogP contribution in [-0.2, 0) is 34.6 Å². The van der Waals surface area contributed by atoms with E-state index >= 15 is 0 Å². The summed E-state index contributed by atoms with van der Waals surface area (Å²) in [6, 6.07) is 12.4. The lowest BCUT2D eigenvalue weighted by molar-refractivity contribution is 0.0981. The standard InChI is InChI=1S/C17H16N2O4S/c20-17(13-5-6-14-10-23-11-15(14)9-13)18-24(21,22)19-8-7-12-3-1-2-4-16(12)19/h1-6,9H,7-8,10-11H2,(H,18,20). The molecule has 0 saturated heterocycles. The van der Waals surface area contributed by atoms with Crippen LogP contribution in [0, 0.1) is 0 Å². The lowest BCUT2D eigenvalue weighted by Gasteiger charge is -2.19. The van der Waals surface area contributed by atoms with Crippen molar-refractivity contribution in [2.75, 3.05) is 10.8 Å². The number of para-hydroxylation sites is 1. The van der Waals surface area contributed by atoms with Gasteiger partial charge < -0.3 is 4.74 Å². The summed E-state index contributed by atoms with van der Waals surface area (Å²) in [4.78, 5) is 12.4. The highest BCUT2D eigenvalue weighted by atomic mass is 32.2. The summed E-state index contributed by atoms with van der Waals surface area (Å²) in [6.07, 6.45) is 0.640. The molecule has 24 heavy (non-hydrogen) atoms. The largest absolute Gasteiger partial charge is 0.372 e. The van der Waals surface area contributed by atoms with E-state index in [1.807, 2.05) is 12.1 Å². The average molecular weight is 344 g/mol. The molecule has 2 aliphatic rings. The van der Waals surface area contributed by atoms with Crippen LogP contribution >= 0.6 is 0 Å². The van der Waals surface area contributed by atoms with Gasteiger partial charge in [-0.05, 0) is 41.3 Å². The third-order valence-corrected chi connectivity index (χ3v) is 5.74. The molecule has 7 heteroatoms. The Balaban J connectivity index is 1.57. The van der Waals surface area contributed by atoms with Gasteiger partial charge in [0.25, 0.3) is 5.91 Å². The minimum absolute atomic E-state index is 0.315. The molecule has 0 radical (unpaired) electrons. The van der Waals surface area contributed by atoms with Gasteiger partial charge in [-0.3, -0.25) is 9.10 Å². The summed E-state index contributed by atoms with van der Waals surface area (Å²) in [6.45, 7) is 1.31. The predicted molar refractivity (Wildman–Crippen MR) is 88.8 cm³/mol. The Labute approximate surface area is 140 Å². The third kappa shape index (κ3) is 2.55. The maximum atomic E-state index is 12.6. The number of anilines is 1. The summed E-state index contributed by atoms with van der Waals surface area (Å²) in [5.74, 6) is -0.630. The Bertz CT molecular complexity index is 924. The first kappa shape index (κ1) is 15.2. The van der Waals surface area contributed by atoms with Crippen LogP contribution in [0.25, 0.3) is 0 Å². The number of carbonyl (C=O) groups is 1. The van der Waals surface area contributed by atoms with Gasteiger partial charge in [-0.1, -0.05) is 24.3 Å². The number of fused-ring (bicyclic) bond motifs is 2. The van der Waals surface area contributed by atoms with Crippen molar-refractivity contribution < 1.29 is 17.9 Å². The Kier molecular flexibility index (Phi) is 3.54. The summed E-state index contributed by atoms with van der Waals surface area (Å²) in [5.41, 5.74) is 3.86. The number of amides is 1. The van der Waals surface area contributed by atoms with Crippen LogP contribution in [0.1, 0.15) is 27.0 Å². The smallest absolute Gasteiger partial charge is 0.326 e. The molecule has 2 aromatic rings. The predicted octanol–water partition coefficient (Wildman–Crippen LogP) is 1.75. The van der Waals surface area contributed by atoms with Crippen molar-refractivity contribution in [2.45, 2.75) is 19.6 Å². The van der Waals surface area contributed by atoms with Crippen molar-refractivity contribution in [1.29, 1.82) is 0 Å². The molecule has 0 atom stereocenters. The van der Waals surface area contributed by atoms with Gasteiger partial charge in [0.05, 0.1) is 18.9 Å². The monoisotopic (exact) mass is 344 g/mol. The molecule has 1 N–H and O–H groups in total. The number of hydrogen-bond donors (Lipinski definition) is 1. The lowest BCUT2D eigenvalue weighted by atomic mass is 10.1. The van der Waals surface area contributed by atoms with Crippen LogP contribution in [-0.4, -0.2) is 20.9 Å². The highest BCUT2D eigenvalue weighted by Gasteiger charge is 2.30. The molecule has 2 aromatic carbocycles. The number of hydrogen-bond acceptors (Lipinski definition) is 4. The van der Waals surface area contributed by atoms with Crippen LogP contribution in [0.15, 0.2) is 42.5 Å². The zero-order chi connectivity index (χ0) is 16.7. The third-order valence-electron chi connectivity index (χ3n) is 4.34. The molecular weight excluding hydrogens is 328 g/mol. The normalized spacial score (nSPS) is 15.9. The second-order valence-electron chi connectivity index (χ2n) is 5.86. The van der Waals surface area contributed by atoms with E-state index < -0.39 is 16.1 Å². The molecule has 4 rings (SSSR count). The Hall–Kier alpha value is -2.38. The van der Waals surface area contributed by atoms with Crippen molar-refractivity contribution >= 4 is 21.8 Å². The second-order valence-corrected chi connectivity index (χ2v) is 7.46. The first-order valence-electron chi connectivity index (χ1n) is 7.67. The molecule has 124 valence electrons. The lowest BCUT2D eigenvalue weighted by Crippen LogP contribution is -2.42. The van der Waals surface area contributed by atoms with Crippen molar-refractivity contribution in [2.24, 2.45) is 0 Å². The Morgan fingerprint density at radius 2 is 1.83 bits per heavy atom. The number of rotatable bonds is 3. The number of benzene rings is 2. The van der Waals surface area contributed by atoms with Crippen LogP contribution in [0.5, 0.6) is 0 Å². The molecule has 0 spiro atoms. The SMILES string of the molecule is O=C(NS(=O)(=O)N1CCc2ccccc21)c1ccc2c(c1)COC2. The molecule has 1 amide bonds. The fourth-order valence-corrected chi connectivity index (χ4v) is 4.33. The van der Waals surface area contributed by atoms with Crippen LogP contribution in [0.3, 0.4) is 0 Å². The van der Waals surface area contributed by atoms with E-state index in [0.29, 0.717) is 37.4 Å². The van der Waals surface area contributed by atoms with Gasteiger partial charge in [-0.2, -0.15) is 8.42 Å². The van der Waals surface area contributed by atoms with Crippen molar-refractivity contribution in [3.63, 3.8) is 0 Å². The molecule has 2 aliphatic heterocycles. The fourth-order valence-electron chi connectivity index (χ4n) is 3.10. The van der Waals surface area contributed by atoms with Gasteiger partial charge in [-0.25, -0.2) is 4.72 Å². The maximum absolute atomic E-state index is 12.6. The molecule has 6 nitrogen and oxygen atoms in total. The molecule has 0 bridgehead atoms. The zero-order valence-electron chi connectivity index (χ0n) is 12.9. The highest BCUT2D eigenvalue weighted by molar-refractivity contribution is 7.91. The number of carbonyl (C=O) groups excluding carboxylic acids is 1. The maximum Gasteiger partial charge on any atom is 0.326 e. The van der Waals surface area contributed by atoms with Gasteiger partial charge in [0.2, 0.25) is 0 Å². The topological polar surface area (TPSA) is 75.7 Å². The van der Waals surface area contributed by atoms with Crippen molar-refractivity contribution in [3.05, 3.63) is 64.7 Å². The fraction of sp³-hybridized carbons (Fsp3) is 0.235. The molecular formula is C17H16N2O4S. The second kappa shape index (κ2) is 5.61. The van der Waals surface area contributed by atoms with E-state index in [4.69, 9.17) is 4.74 Å². The minimum atomic E-state index is -3.93. The first-order valence-corrected chi connectivity index (χ1v) is 9.11. The van der Waals surface area contributed by atoms with E-state index in [2.05, 4.69) is 4.72 Å². The Morgan fingerprint density at radius 1 is 1.04 bits per heavy atom. The van der Waals surface area contributed by atoms with Gasteiger partial charge in [0, 0.05) is 12.1 Å². The quantitative estimate of drug-likeness (QED) is 0.920. The van der Waals surface area contributed by atoms with Gasteiger partial charge >= 0.3 is 10.2 Å². The highest BCUT2D eigenvalue weighted by Crippen LogP contribution is 2.29. The average Bonchev–Trinajstić information content (AvgIpc) is 3.20. The molecule has 2 heterocycles. The first-order chi connectivity index (χ1) is 11.5. The summed E-state index contributed by atoms with van der Waals surface area (Å²) >= 11 is 0. The zero-order valence-corrected chi connectivity index (χ0v) is 13.7. The van der Waals surface area contributed by atoms with Crippen LogP contribution in [0.4, 0.5) is 5.69 Å². The minimum Gasteiger partial charge on any atom is -0.372 e. The number of nitrogens with one attached hydrogen (secondary N) is 1. The number of nitrogens with zero attached hydrogens (tertiary/aromatic N) is 1. The van der Waals surface area contributed by atoms with E-state index in [1.54, 1.807) is 30.3 Å². The molecule has 0 fully saturated rings. The van der Waals surface area contributed by atoms with Gasteiger partial charge in [-0.15, -0.1) is 0 Å². The summed E-state index contributed by atoms with van der Waals surface area (Å²) in [7, 11) is -3.93. The van der Waals surface area contributed by atoms with Gasteiger partial charge in [0.15, 0.2) is 0 Å². The van der Waals surface area contributed by atoms with Crippen LogP contribution < -0.4 is 9.03 Å². The van der Waals surface area contributed by atoms with Crippen molar-refractivity contribution in [1.82, 2.24) is 4.72 Å². The summed E-state index contributed by atoms with van der Waals surface area (Å²) < 4.78 is 33.9. The van der Waals surface area contributed by atoms with Crippen molar-refractivity contribution in [3.8, 4) is 0 Å². The number of ether oxygens (including phenoxy) is 1. The van der Waals surface area contributed by atoms with Crippen LogP contribution in [0.2, 0.25) is 0 Å². The Morgan fingerprint density at radius 3 is 2.71 bits per heavy atom. The van der Waals surface area contributed by atoms with Gasteiger partial charge in [0.1, 0.15) is 0 Å². The molecule has 0 aromatic heterocycles. The van der Waals surface area contributed by atoms with E-state index in [1.165, 1.54) is 4.31 Å². The van der Waals surface area contributed by atoms with E-state index in [-0.39, 0.29) is 0 Å². The molecule has 0 aliphatic carbocycles. The van der Waals surface area contributed by atoms with E-state index in [0.717, 1.165) is 16.7 Å². The van der Waals surface area contributed by atoms with E-state index in [9.17, 15) is 13.2 Å². The summed E-state index contributed by atoms with van der Waals surface area (Å²) in [5, 5.41) is 0.